The summed E-state index contributed by atoms with van der Waals surface area (Å²) in [5.41, 5.74) is 0.895. The van der Waals surface area contributed by atoms with Crippen molar-refractivity contribution < 1.29 is 9.66 Å². The van der Waals surface area contributed by atoms with Crippen LogP contribution in [0.25, 0.3) is 11.4 Å². The Kier molecular flexibility index (Phi) is 4.92. The van der Waals surface area contributed by atoms with Gasteiger partial charge in [-0.05, 0) is 30.7 Å². The van der Waals surface area contributed by atoms with Crippen LogP contribution < -0.4 is 0 Å². The number of thioether (sulfide) groups is 1. The number of rotatable bonds is 6. The second kappa shape index (κ2) is 7.10. The Bertz CT molecular complexity index is 681. The van der Waals surface area contributed by atoms with Gasteiger partial charge in [0.25, 0.3) is 5.69 Å². The van der Waals surface area contributed by atoms with Crippen LogP contribution in [0.3, 0.4) is 0 Å². The lowest BCUT2D eigenvalue weighted by atomic mass is 10.2. The molecule has 1 aromatic carbocycles. The van der Waals surface area contributed by atoms with E-state index < -0.39 is 4.92 Å². The number of nitrogens with zero attached hydrogens (tertiary/aromatic N) is 4. The van der Waals surface area contributed by atoms with Crippen LogP contribution in [0, 0.1) is 10.1 Å². The van der Waals surface area contributed by atoms with Gasteiger partial charge in [0, 0.05) is 24.3 Å². The van der Waals surface area contributed by atoms with E-state index in [9.17, 15) is 10.1 Å². The van der Waals surface area contributed by atoms with Crippen molar-refractivity contribution in [2.75, 3.05) is 12.4 Å². The van der Waals surface area contributed by atoms with E-state index in [2.05, 4.69) is 21.7 Å². The minimum Gasteiger partial charge on any atom is -0.376 e. The molecule has 0 radical (unpaired) electrons. The van der Waals surface area contributed by atoms with Crippen LogP contribution in [-0.4, -0.2) is 38.2 Å². The van der Waals surface area contributed by atoms with Gasteiger partial charge in [-0.2, -0.15) is 0 Å². The first-order chi connectivity index (χ1) is 11.2. The fraction of sp³-hybridized carbons (Fsp3) is 0.467. The molecule has 122 valence electrons. The molecule has 0 unspecified atom stereocenters. The van der Waals surface area contributed by atoms with Crippen molar-refractivity contribution in [3.05, 3.63) is 34.4 Å². The summed E-state index contributed by atoms with van der Waals surface area (Å²) >= 11 is 1.63. The van der Waals surface area contributed by atoms with Gasteiger partial charge in [-0.15, -0.1) is 10.2 Å². The second-order valence-corrected chi connectivity index (χ2v) is 6.52. The quantitative estimate of drug-likeness (QED) is 0.458. The molecule has 7 nitrogen and oxygen atoms in total. The van der Waals surface area contributed by atoms with Crippen molar-refractivity contribution in [2.24, 2.45) is 0 Å². The zero-order valence-electron chi connectivity index (χ0n) is 12.8. The number of aromatic nitrogens is 3. The van der Waals surface area contributed by atoms with Gasteiger partial charge in [-0.1, -0.05) is 18.7 Å². The number of hydrogen-bond donors (Lipinski definition) is 0. The van der Waals surface area contributed by atoms with Crippen molar-refractivity contribution in [1.29, 1.82) is 0 Å². The third-order valence-corrected chi connectivity index (χ3v) is 4.59. The molecule has 1 atom stereocenters. The van der Waals surface area contributed by atoms with Crippen molar-refractivity contribution in [1.82, 2.24) is 14.8 Å². The topological polar surface area (TPSA) is 83.1 Å². The highest BCUT2D eigenvalue weighted by atomic mass is 32.2. The van der Waals surface area contributed by atoms with E-state index in [1.807, 2.05) is 0 Å². The summed E-state index contributed by atoms with van der Waals surface area (Å²) < 4.78 is 7.79. The molecule has 3 rings (SSSR count). The summed E-state index contributed by atoms with van der Waals surface area (Å²) in [6.45, 7) is 3.58. The fourth-order valence-corrected chi connectivity index (χ4v) is 3.30. The van der Waals surface area contributed by atoms with E-state index in [-0.39, 0.29) is 11.8 Å². The van der Waals surface area contributed by atoms with E-state index >= 15 is 0 Å². The molecular formula is C15H18N4O3S. The van der Waals surface area contributed by atoms with Crippen LogP contribution >= 0.6 is 11.8 Å². The molecule has 2 heterocycles. The van der Waals surface area contributed by atoms with Gasteiger partial charge in [0.05, 0.1) is 17.6 Å². The average Bonchev–Trinajstić information content (AvgIpc) is 3.19. The zero-order chi connectivity index (χ0) is 16.2. The molecule has 1 saturated heterocycles. The normalized spacial score (nSPS) is 17.5. The highest BCUT2D eigenvalue weighted by Crippen LogP contribution is 2.27. The lowest BCUT2D eigenvalue weighted by molar-refractivity contribution is -0.384. The van der Waals surface area contributed by atoms with Crippen molar-refractivity contribution in [2.45, 2.75) is 37.6 Å². The number of nitro groups is 1. The number of benzene rings is 1. The standard InChI is InChI=1S/C15H18N4O3S/c1-2-23-15-17-16-14(18(15)10-13-4-3-9-22-13)11-5-7-12(8-6-11)19(20)21/h5-8,13H,2-4,9-10H2,1H3/t13-/m1/s1. The van der Waals surface area contributed by atoms with Crippen LogP contribution in [0.2, 0.25) is 0 Å². The van der Waals surface area contributed by atoms with Gasteiger partial charge in [-0.25, -0.2) is 0 Å². The molecule has 23 heavy (non-hydrogen) atoms. The first-order valence-corrected chi connectivity index (χ1v) is 8.60. The predicted molar refractivity (Wildman–Crippen MR) is 87.5 cm³/mol. The number of ether oxygens (including phenoxy) is 1. The third kappa shape index (κ3) is 3.53. The summed E-state index contributed by atoms with van der Waals surface area (Å²) in [5, 5.41) is 20.2. The smallest absolute Gasteiger partial charge is 0.269 e. The Morgan fingerprint density at radius 3 is 2.78 bits per heavy atom. The molecule has 0 bridgehead atoms. The first-order valence-electron chi connectivity index (χ1n) is 7.61. The number of nitro benzene ring substituents is 1. The molecule has 1 aliphatic rings. The number of non-ortho nitro benzene ring substituents is 1. The fourth-order valence-electron chi connectivity index (χ4n) is 2.63. The maximum absolute atomic E-state index is 10.8. The largest absolute Gasteiger partial charge is 0.376 e. The van der Waals surface area contributed by atoms with Gasteiger partial charge in [0.1, 0.15) is 0 Å². The Balaban J connectivity index is 1.92. The van der Waals surface area contributed by atoms with E-state index in [1.165, 1.54) is 12.1 Å². The minimum atomic E-state index is -0.404. The maximum atomic E-state index is 10.8. The summed E-state index contributed by atoms with van der Waals surface area (Å²) in [5.74, 6) is 1.63. The van der Waals surface area contributed by atoms with Crippen molar-refractivity contribution >= 4 is 17.4 Å². The first kappa shape index (κ1) is 15.9. The third-order valence-electron chi connectivity index (χ3n) is 3.74. The molecule has 0 amide bonds. The molecule has 1 aliphatic heterocycles. The number of hydrogen-bond acceptors (Lipinski definition) is 6. The van der Waals surface area contributed by atoms with Crippen LogP contribution in [0.1, 0.15) is 19.8 Å². The Labute approximate surface area is 138 Å². The monoisotopic (exact) mass is 334 g/mol. The highest BCUT2D eigenvalue weighted by Gasteiger charge is 2.21. The van der Waals surface area contributed by atoms with Gasteiger partial charge >= 0.3 is 0 Å². The van der Waals surface area contributed by atoms with Gasteiger partial charge in [0.15, 0.2) is 11.0 Å². The SMILES string of the molecule is CCSc1nnc(-c2ccc([N+](=O)[O-])cc2)n1C[C@H]1CCCO1. The average molecular weight is 334 g/mol. The van der Waals surface area contributed by atoms with Crippen LogP contribution in [0.15, 0.2) is 29.4 Å². The summed E-state index contributed by atoms with van der Waals surface area (Å²) in [6, 6.07) is 6.42. The minimum absolute atomic E-state index is 0.0714. The molecule has 1 aromatic heterocycles. The Hall–Kier alpha value is -1.93. The van der Waals surface area contributed by atoms with Crippen LogP contribution in [0.4, 0.5) is 5.69 Å². The van der Waals surface area contributed by atoms with Crippen LogP contribution in [-0.2, 0) is 11.3 Å². The Morgan fingerprint density at radius 1 is 1.39 bits per heavy atom. The van der Waals surface area contributed by atoms with Gasteiger partial charge in [-0.3, -0.25) is 14.7 Å². The maximum Gasteiger partial charge on any atom is 0.269 e. The molecule has 8 heteroatoms. The molecule has 0 saturated carbocycles. The molecule has 1 fully saturated rings. The van der Waals surface area contributed by atoms with Crippen LogP contribution in [0.5, 0.6) is 0 Å². The second-order valence-electron chi connectivity index (χ2n) is 5.29. The highest BCUT2D eigenvalue weighted by molar-refractivity contribution is 7.99. The molecule has 0 N–H and O–H groups in total. The summed E-state index contributed by atoms with van der Waals surface area (Å²) in [4.78, 5) is 10.4. The molecular weight excluding hydrogens is 316 g/mol. The lowest BCUT2D eigenvalue weighted by Crippen LogP contribution is -2.16. The molecule has 2 aromatic rings. The predicted octanol–water partition coefficient (Wildman–Crippen LogP) is 3.14. The molecule has 0 spiro atoms. The zero-order valence-corrected chi connectivity index (χ0v) is 13.7. The van der Waals surface area contributed by atoms with E-state index in [4.69, 9.17) is 4.74 Å². The van der Waals surface area contributed by atoms with E-state index in [1.54, 1.807) is 23.9 Å². The van der Waals surface area contributed by atoms with Gasteiger partial charge in [0.2, 0.25) is 0 Å². The van der Waals surface area contributed by atoms with Crippen molar-refractivity contribution in [3.63, 3.8) is 0 Å². The summed E-state index contributed by atoms with van der Waals surface area (Å²) in [7, 11) is 0. The Morgan fingerprint density at radius 2 is 2.17 bits per heavy atom. The molecule has 0 aliphatic carbocycles. The van der Waals surface area contributed by atoms with E-state index in [0.29, 0.717) is 6.54 Å². The van der Waals surface area contributed by atoms with E-state index in [0.717, 1.165) is 41.7 Å². The summed E-state index contributed by atoms with van der Waals surface area (Å²) in [6.07, 6.45) is 2.29. The van der Waals surface area contributed by atoms with Gasteiger partial charge < -0.3 is 4.74 Å². The van der Waals surface area contributed by atoms with Crippen molar-refractivity contribution in [3.8, 4) is 11.4 Å². The lowest BCUT2D eigenvalue weighted by Gasteiger charge is -2.14.